The second-order valence-electron chi connectivity index (χ2n) is 3.97. The average molecular weight is 236 g/mol. The highest BCUT2D eigenvalue weighted by molar-refractivity contribution is 4.83. The van der Waals surface area contributed by atoms with Crippen LogP contribution in [0.5, 0.6) is 0 Å². The van der Waals surface area contributed by atoms with E-state index in [-0.39, 0.29) is 0 Å². The number of ether oxygens (including phenoxy) is 1. The molecule has 0 fully saturated rings. The summed E-state index contributed by atoms with van der Waals surface area (Å²) in [4.78, 5) is 0. The van der Waals surface area contributed by atoms with Crippen molar-refractivity contribution in [3.63, 3.8) is 0 Å². The van der Waals surface area contributed by atoms with Crippen LogP contribution in [0.3, 0.4) is 0 Å². The smallest absolute Gasteiger partial charge is 0.258 e. The molecule has 0 unspecified atom stereocenters. The van der Waals surface area contributed by atoms with E-state index >= 15 is 0 Å². The molecule has 4 nitrogen and oxygen atoms in total. The molecule has 0 N–H and O–H groups in total. The molecule has 1 rings (SSSR count). The molecule has 0 amide bonds. The summed E-state index contributed by atoms with van der Waals surface area (Å²) in [5.41, 5.74) is 0. The molecule has 0 radical (unpaired) electrons. The van der Waals surface area contributed by atoms with E-state index in [1.807, 2.05) is 6.92 Å². The van der Waals surface area contributed by atoms with Crippen LogP contribution in [0.25, 0.3) is 0 Å². The Morgan fingerprint density at radius 2 is 2.24 bits per heavy atom. The van der Waals surface area contributed by atoms with Gasteiger partial charge in [0.1, 0.15) is 12.4 Å². The molecule has 0 saturated carbocycles. The number of aryl methyl sites for hydroxylation is 1. The van der Waals surface area contributed by atoms with Gasteiger partial charge < -0.3 is 4.74 Å². The fourth-order valence-corrected chi connectivity index (χ4v) is 1.90. The zero-order valence-corrected chi connectivity index (χ0v) is 10.9. The first-order chi connectivity index (χ1) is 8.33. The summed E-state index contributed by atoms with van der Waals surface area (Å²) in [5.74, 6) is 1.29. The first kappa shape index (κ1) is 13.7. The molecule has 0 aromatic carbocycles. The van der Waals surface area contributed by atoms with Gasteiger partial charge in [0.05, 0.1) is 12.6 Å². The van der Waals surface area contributed by atoms with E-state index in [1.54, 1.807) is 0 Å². The van der Waals surface area contributed by atoms with Crippen molar-refractivity contribution in [3.05, 3.63) is 18.2 Å². The van der Waals surface area contributed by atoms with E-state index in [2.05, 4.69) is 34.5 Å². The van der Waals surface area contributed by atoms with Crippen LogP contribution in [0, 0.1) is 11.3 Å². The Balaban J connectivity index is 2.53. The topological polar surface area (TPSA) is 41.8 Å². The van der Waals surface area contributed by atoms with Crippen LogP contribution in [0.2, 0.25) is 0 Å². The summed E-state index contributed by atoms with van der Waals surface area (Å²) in [6.45, 7) is 6.52. The van der Waals surface area contributed by atoms with Crippen molar-refractivity contribution in [1.82, 2.24) is 4.57 Å². The maximum absolute atomic E-state index is 8.49. The Morgan fingerprint density at radius 3 is 2.88 bits per heavy atom. The van der Waals surface area contributed by atoms with Gasteiger partial charge in [-0.2, -0.15) is 5.26 Å². The van der Waals surface area contributed by atoms with Crippen molar-refractivity contribution in [3.8, 4) is 6.07 Å². The Hall–Kier alpha value is -1.34. The zero-order valence-electron chi connectivity index (χ0n) is 10.9. The molecular formula is C13H22N3O+. The minimum Gasteiger partial charge on any atom is -0.342 e. The summed E-state index contributed by atoms with van der Waals surface area (Å²) >= 11 is 0. The van der Waals surface area contributed by atoms with Crippen molar-refractivity contribution < 1.29 is 9.30 Å². The highest BCUT2D eigenvalue weighted by Gasteiger charge is 2.14. The molecule has 0 spiro atoms. The van der Waals surface area contributed by atoms with Gasteiger partial charge in [0.2, 0.25) is 0 Å². The maximum atomic E-state index is 8.49. The first-order valence-corrected chi connectivity index (χ1v) is 6.35. The van der Waals surface area contributed by atoms with Crippen molar-refractivity contribution in [2.45, 2.75) is 52.8 Å². The number of hydrogen-bond donors (Lipinski definition) is 0. The largest absolute Gasteiger partial charge is 0.342 e. The normalized spacial score (nSPS) is 10.4. The SMILES string of the molecule is CCOC[n+]1ccn(CCCCC#N)c1CC. The number of aromatic nitrogens is 2. The minimum absolute atomic E-state index is 0.630. The summed E-state index contributed by atoms with van der Waals surface area (Å²) in [6, 6.07) is 2.18. The summed E-state index contributed by atoms with van der Waals surface area (Å²) < 4.78 is 9.83. The lowest BCUT2D eigenvalue weighted by molar-refractivity contribution is -0.738. The van der Waals surface area contributed by atoms with Crippen LogP contribution in [0.15, 0.2) is 12.4 Å². The molecular weight excluding hydrogens is 214 g/mol. The molecule has 0 atom stereocenters. The number of unbranched alkanes of at least 4 members (excludes halogenated alkanes) is 2. The van der Waals surface area contributed by atoms with Gasteiger partial charge >= 0.3 is 0 Å². The van der Waals surface area contributed by atoms with Crippen LogP contribution in [0.1, 0.15) is 38.9 Å². The highest BCUT2D eigenvalue weighted by Crippen LogP contribution is 2.02. The van der Waals surface area contributed by atoms with E-state index < -0.39 is 0 Å². The van der Waals surface area contributed by atoms with Gasteiger partial charge in [-0.25, -0.2) is 9.13 Å². The Morgan fingerprint density at radius 1 is 1.41 bits per heavy atom. The monoisotopic (exact) mass is 236 g/mol. The van der Waals surface area contributed by atoms with Gasteiger partial charge in [0.15, 0.2) is 6.73 Å². The third-order valence-electron chi connectivity index (χ3n) is 2.78. The second-order valence-corrected chi connectivity index (χ2v) is 3.97. The Bertz CT molecular complexity index is 365. The van der Waals surface area contributed by atoms with Crippen molar-refractivity contribution in [1.29, 1.82) is 5.26 Å². The van der Waals surface area contributed by atoms with E-state index in [4.69, 9.17) is 10.00 Å². The molecule has 0 aliphatic rings. The molecule has 1 heterocycles. The highest BCUT2D eigenvalue weighted by atomic mass is 16.5. The number of nitriles is 1. The Labute approximate surface area is 103 Å². The molecule has 1 aromatic heterocycles. The number of rotatable bonds is 8. The fraction of sp³-hybridized carbons (Fsp3) is 0.692. The van der Waals surface area contributed by atoms with Crippen LogP contribution in [-0.4, -0.2) is 11.2 Å². The van der Waals surface area contributed by atoms with E-state index in [9.17, 15) is 0 Å². The first-order valence-electron chi connectivity index (χ1n) is 6.35. The number of imidazole rings is 1. The summed E-state index contributed by atoms with van der Waals surface area (Å²) in [7, 11) is 0. The van der Waals surface area contributed by atoms with Gasteiger partial charge in [0, 0.05) is 19.4 Å². The van der Waals surface area contributed by atoms with E-state index in [1.165, 1.54) is 5.82 Å². The molecule has 0 aliphatic heterocycles. The lowest BCUT2D eigenvalue weighted by atomic mass is 10.2. The number of hydrogen-bond acceptors (Lipinski definition) is 2. The zero-order chi connectivity index (χ0) is 12.5. The lowest BCUT2D eigenvalue weighted by Gasteiger charge is -2.03. The Kier molecular flexibility index (Phi) is 6.34. The van der Waals surface area contributed by atoms with Crippen molar-refractivity contribution >= 4 is 0 Å². The fourth-order valence-electron chi connectivity index (χ4n) is 1.90. The van der Waals surface area contributed by atoms with Crippen LogP contribution < -0.4 is 4.57 Å². The van der Waals surface area contributed by atoms with Crippen molar-refractivity contribution in [2.24, 2.45) is 0 Å². The third-order valence-corrected chi connectivity index (χ3v) is 2.78. The van der Waals surface area contributed by atoms with E-state index in [0.717, 1.165) is 32.4 Å². The van der Waals surface area contributed by atoms with Crippen LogP contribution in [-0.2, 0) is 24.4 Å². The van der Waals surface area contributed by atoms with Gasteiger partial charge in [0.25, 0.3) is 5.82 Å². The van der Waals surface area contributed by atoms with Crippen molar-refractivity contribution in [2.75, 3.05) is 6.61 Å². The molecule has 1 aromatic rings. The van der Waals surface area contributed by atoms with Gasteiger partial charge in [-0.05, 0) is 19.8 Å². The van der Waals surface area contributed by atoms with Crippen LogP contribution >= 0.6 is 0 Å². The molecule has 0 aliphatic carbocycles. The lowest BCUT2D eigenvalue weighted by Crippen LogP contribution is -2.38. The van der Waals surface area contributed by atoms with E-state index in [0.29, 0.717) is 13.2 Å². The summed E-state index contributed by atoms with van der Waals surface area (Å²) in [5, 5.41) is 8.49. The molecule has 17 heavy (non-hydrogen) atoms. The molecule has 0 bridgehead atoms. The standard InChI is InChI=1S/C13H22N3O/c1-3-13-15(9-7-5-6-8-14)10-11-16(13)12-17-4-2/h10-11H,3-7,9,12H2,1-2H3/q+1. The van der Waals surface area contributed by atoms with Crippen LogP contribution in [0.4, 0.5) is 0 Å². The molecule has 94 valence electrons. The quantitative estimate of drug-likeness (QED) is 0.512. The third kappa shape index (κ3) is 4.20. The molecule has 0 saturated heterocycles. The van der Waals surface area contributed by atoms with Gasteiger partial charge in [-0.15, -0.1) is 0 Å². The average Bonchev–Trinajstić information content (AvgIpc) is 2.74. The predicted molar refractivity (Wildman–Crippen MR) is 65.1 cm³/mol. The minimum atomic E-state index is 0.630. The predicted octanol–water partition coefficient (Wildman–Crippen LogP) is 2.03. The van der Waals surface area contributed by atoms with Gasteiger partial charge in [-0.3, -0.25) is 0 Å². The van der Waals surface area contributed by atoms with Gasteiger partial charge in [-0.1, -0.05) is 6.92 Å². The molecule has 4 heteroatoms. The second kappa shape index (κ2) is 7.86. The summed E-state index contributed by atoms with van der Waals surface area (Å²) in [6.07, 6.45) is 7.86. The maximum Gasteiger partial charge on any atom is 0.258 e. The number of nitrogens with zero attached hydrogens (tertiary/aromatic N) is 3.